The minimum atomic E-state index is 0.156. The second-order valence-corrected chi connectivity index (χ2v) is 6.95. The highest BCUT2D eigenvalue weighted by Crippen LogP contribution is 2.06. The first-order chi connectivity index (χ1) is 11.0. The monoisotopic (exact) mass is 317 g/mol. The topological polar surface area (TPSA) is 35.6 Å². The van der Waals surface area contributed by atoms with Gasteiger partial charge in [-0.2, -0.15) is 0 Å². The van der Waals surface area contributed by atoms with Crippen LogP contribution in [-0.2, 0) is 11.2 Å². The van der Waals surface area contributed by atoms with Crippen molar-refractivity contribution in [1.29, 1.82) is 0 Å². The third-order valence-electron chi connectivity index (χ3n) is 4.78. The molecule has 128 valence electrons. The number of rotatable bonds is 7. The average molecular weight is 317 g/mol. The van der Waals surface area contributed by atoms with Gasteiger partial charge in [-0.15, -0.1) is 0 Å². The molecule has 2 rings (SSSR count). The summed E-state index contributed by atoms with van der Waals surface area (Å²) < 4.78 is 0. The minimum Gasteiger partial charge on any atom is -0.352 e. The second-order valence-electron chi connectivity index (χ2n) is 6.95. The minimum absolute atomic E-state index is 0.156. The maximum Gasteiger partial charge on any atom is 0.234 e. The number of hydrogen-bond donors (Lipinski definition) is 1. The van der Waals surface area contributed by atoms with Gasteiger partial charge in [0.25, 0.3) is 0 Å². The summed E-state index contributed by atoms with van der Waals surface area (Å²) in [5, 5.41) is 3.09. The van der Waals surface area contributed by atoms with Crippen LogP contribution in [0.15, 0.2) is 30.3 Å². The molecule has 1 aromatic rings. The normalized spacial score (nSPS) is 18.1. The van der Waals surface area contributed by atoms with Gasteiger partial charge in [-0.1, -0.05) is 44.2 Å². The SMILES string of the molecule is CC(C)C(C)NC(=O)CN1CCN(CCc2ccccc2)CC1. The number of nitrogens with one attached hydrogen (secondary N) is 1. The van der Waals surface area contributed by atoms with E-state index in [1.54, 1.807) is 0 Å². The predicted octanol–water partition coefficient (Wildman–Crippen LogP) is 2.01. The maximum atomic E-state index is 12.1. The van der Waals surface area contributed by atoms with Gasteiger partial charge in [-0.3, -0.25) is 9.69 Å². The third-order valence-corrected chi connectivity index (χ3v) is 4.78. The zero-order valence-electron chi connectivity index (χ0n) is 14.8. The summed E-state index contributed by atoms with van der Waals surface area (Å²) in [5.74, 6) is 0.637. The zero-order chi connectivity index (χ0) is 16.7. The standard InChI is InChI=1S/C19H31N3O/c1-16(2)17(3)20-19(23)15-22-13-11-21(12-14-22)10-9-18-7-5-4-6-8-18/h4-8,16-17H,9-15H2,1-3H3,(H,20,23). The molecule has 23 heavy (non-hydrogen) atoms. The zero-order valence-corrected chi connectivity index (χ0v) is 14.8. The van der Waals surface area contributed by atoms with Crippen LogP contribution in [0.25, 0.3) is 0 Å². The highest BCUT2D eigenvalue weighted by molar-refractivity contribution is 5.78. The highest BCUT2D eigenvalue weighted by Gasteiger charge is 2.19. The van der Waals surface area contributed by atoms with Crippen molar-refractivity contribution in [3.05, 3.63) is 35.9 Å². The van der Waals surface area contributed by atoms with Crippen molar-refractivity contribution in [1.82, 2.24) is 15.1 Å². The van der Waals surface area contributed by atoms with Crippen LogP contribution in [0.3, 0.4) is 0 Å². The van der Waals surface area contributed by atoms with E-state index >= 15 is 0 Å². The van der Waals surface area contributed by atoms with Crippen LogP contribution < -0.4 is 5.32 Å². The van der Waals surface area contributed by atoms with Crippen molar-refractivity contribution >= 4 is 5.91 Å². The summed E-state index contributed by atoms with van der Waals surface area (Å²) >= 11 is 0. The van der Waals surface area contributed by atoms with Crippen LogP contribution in [0.1, 0.15) is 26.3 Å². The Balaban J connectivity index is 1.65. The van der Waals surface area contributed by atoms with Crippen molar-refractivity contribution in [2.24, 2.45) is 5.92 Å². The number of benzene rings is 1. The van der Waals surface area contributed by atoms with Crippen LogP contribution in [0.5, 0.6) is 0 Å². The van der Waals surface area contributed by atoms with Crippen LogP contribution in [-0.4, -0.2) is 61.0 Å². The van der Waals surface area contributed by atoms with E-state index in [9.17, 15) is 4.79 Å². The maximum absolute atomic E-state index is 12.1. The molecule has 0 spiro atoms. The highest BCUT2D eigenvalue weighted by atomic mass is 16.2. The molecule has 1 unspecified atom stereocenters. The average Bonchev–Trinajstić information content (AvgIpc) is 2.55. The van der Waals surface area contributed by atoms with E-state index in [0.29, 0.717) is 12.5 Å². The molecular weight excluding hydrogens is 286 g/mol. The van der Waals surface area contributed by atoms with E-state index in [2.05, 4.69) is 66.2 Å². The number of piperazine rings is 1. The molecule has 1 amide bonds. The predicted molar refractivity (Wildman–Crippen MR) is 95.5 cm³/mol. The largest absolute Gasteiger partial charge is 0.352 e. The summed E-state index contributed by atoms with van der Waals surface area (Å²) in [4.78, 5) is 16.8. The van der Waals surface area contributed by atoms with E-state index in [1.807, 2.05) is 0 Å². The van der Waals surface area contributed by atoms with E-state index < -0.39 is 0 Å². The lowest BCUT2D eigenvalue weighted by Crippen LogP contribution is -2.50. The second kappa shape index (κ2) is 9.04. The van der Waals surface area contributed by atoms with Crippen molar-refractivity contribution in [2.45, 2.75) is 33.2 Å². The van der Waals surface area contributed by atoms with Crippen LogP contribution in [0, 0.1) is 5.92 Å². The molecule has 1 aliphatic heterocycles. The Morgan fingerprint density at radius 3 is 2.26 bits per heavy atom. The first-order valence-electron chi connectivity index (χ1n) is 8.82. The Morgan fingerprint density at radius 2 is 1.65 bits per heavy atom. The van der Waals surface area contributed by atoms with Gasteiger partial charge < -0.3 is 10.2 Å². The lowest BCUT2D eigenvalue weighted by atomic mass is 10.1. The number of nitrogens with zero attached hydrogens (tertiary/aromatic N) is 2. The van der Waals surface area contributed by atoms with Gasteiger partial charge >= 0.3 is 0 Å². The molecule has 0 radical (unpaired) electrons. The summed E-state index contributed by atoms with van der Waals surface area (Å²) in [7, 11) is 0. The lowest BCUT2D eigenvalue weighted by molar-refractivity contribution is -0.123. The number of carbonyl (C=O) groups is 1. The van der Waals surface area contributed by atoms with Crippen molar-refractivity contribution < 1.29 is 4.79 Å². The van der Waals surface area contributed by atoms with Crippen molar-refractivity contribution in [2.75, 3.05) is 39.3 Å². The molecule has 4 heteroatoms. The van der Waals surface area contributed by atoms with E-state index in [1.165, 1.54) is 5.56 Å². The molecule has 0 saturated carbocycles. The van der Waals surface area contributed by atoms with E-state index in [-0.39, 0.29) is 11.9 Å². The van der Waals surface area contributed by atoms with Gasteiger partial charge in [0.15, 0.2) is 0 Å². The summed E-state index contributed by atoms with van der Waals surface area (Å²) in [6, 6.07) is 10.9. The smallest absolute Gasteiger partial charge is 0.234 e. The molecule has 1 heterocycles. The Bertz CT molecular complexity index is 467. The van der Waals surface area contributed by atoms with Gasteiger partial charge in [0.1, 0.15) is 0 Å². The quantitative estimate of drug-likeness (QED) is 0.835. The summed E-state index contributed by atoms with van der Waals surface area (Å²) in [5.41, 5.74) is 1.40. The molecule has 1 atom stereocenters. The van der Waals surface area contributed by atoms with Gasteiger partial charge in [0.2, 0.25) is 5.91 Å². The van der Waals surface area contributed by atoms with Gasteiger partial charge in [0.05, 0.1) is 6.54 Å². The molecule has 0 aliphatic carbocycles. The summed E-state index contributed by atoms with van der Waals surface area (Å²) in [6.07, 6.45) is 1.10. The van der Waals surface area contributed by atoms with Crippen LogP contribution in [0.4, 0.5) is 0 Å². The number of carbonyl (C=O) groups excluding carboxylic acids is 1. The Morgan fingerprint density at radius 1 is 1.04 bits per heavy atom. The van der Waals surface area contributed by atoms with Crippen molar-refractivity contribution in [3.8, 4) is 0 Å². The molecule has 1 N–H and O–H groups in total. The summed E-state index contributed by atoms with van der Waals surface area (Å²) in [6.45, 7) is 12.1. The van der Waals surface area contributed by atoms with Crippen molar-refractivity contribution in [3.63, 3.8) is 0 Å². The van der Waals surface area contributed by atoms with Crippen LogP contribution >= 0.6 is 0 Å². The fraction of sp³-hybridized carbons (Fsp3) is 0.632. The Hall–Kier alpha value is -1.39. The van der Waals surface area contributed by atoms with E-state index in [4.69, 9.17) is 0 Å². The van der Waals surface area contributed by atoms with Gasteiger partial charge in [-0.05, 0) is 24.8 Å². The first kappa shape index (κ1) is 18.0. The first-order valence-corrected chi connectivity index (χ1v) is 8.82. The molecular formula is C19H31N3O. The molecule has 1 fully saturated rings. The molecule has 0 bridgehead atoms. The Labute approximate surface area is 140 Å². The fourth-order valence-electron chi connectivity index (χ4n) is 2.77. The van der Waals surface area contributed by atoms with Gasteiger partial charge in [-0.25, -0.2) is 0 Å². The third kappa shape index (κ3) is 6.32. The Kier molecular flexibility index (Phi) is 7.06. The fourth-order valence-corrected chi connectivity index (χ4v) is 2.77. The molecule has 1 aromatic carbocycles. The molecule has 1 aliphatic rings. The number of amides is 1. The number of hydrogen-bond acceptors (Lipinski definition) is 3. The van der Waals surface area contributed by atoms with Gasteiger partial charge in [0, 0.05) is 38.8 Å². The van der Waals surface area contributed by atoms with E-state index in [0.717, 1.165) is 39.1 Å². The lowest BCUT2D eigenvalue weighted by Gasteiger charge is -2.34. The molecule has 4 nitrogen and oxygen atoms in total. The molecule has 0 aromatic heterocycles. The molecule has 1 saturated heterocycles. The van der Waals surface area contributed by atoms with Crippen LogP contribution in [0.2, 0.25) is 0 Å².